The Morgan fingerprint density at radius 3 is 2.58 bits per heavy atom. The smallest absolute Gasteiger partial charge is 0.338 e. The zero-order valence-corrected chi connectivity index (χ0v) is 21.1. The van der Waals surface area contributed by atoms with Crippen molar-refractivity contribution in [2.24, 2.45) is 0 Å². The highest BCUT2D eigenvalue weighted by Crippen LogP contribution is 2.32. The first kappa shape index (κ1) is 25.2. The molecule has 3 N–H and O–H groups in total. The Morgan fingerprint density at radius 2 is 1.78 bits per heavy atom. The van der Waals surface area contributed by atoms with Gasteiger partial charge in [-0.25, -0.2) is 9.59 Å². The van der Waals surface area contributed by atoms with Crippen molar-refractivity contribution in [1.82, 2.24) is 10.2 Å². The Labute approximate surface area is 215 Å². The summed E-state index contributed by atoms with van der Waals surface area (Å²) in [6.45, 7) is 2.27. The number of fused-ring (bicyclic) bond motifs is 1. The molecule has 0 saturated carbocycles. The summed E-state index contributed by atoms with van der Waals surface area (Å²) in [6.07, 6.45) is 0. The first-order valence-corrected chi connectivity index (χ1v) is 11.9. The van der Waals surface area contributed by atoms with Crippen molar-refractivity contribution in [3.63, 3.8) is 0 Å². The Morgan fingerprint density at radius 1 is 1.03 bits per heavy atom. The van der Waals surface area contributed by atoms with Crippen LogP contribution in [-0.2, 0) is 14.3 Å². The standard InChI is InChI=1S/C27H28N4O4S/c1-17-23(25(32)35-15-14-34-3)24(30-27(36)31(17)2)19-10-6-11-20(16-19)28-26(33)29-22-13-7-9-18-8-4-5-12-21(18)22/h4-13,16,24H,14-15H2,1-3H3,(H,30,36)(H2,28,29,33). The zero-order valence-electron chi connectivity index (χ0n) is 20.3. The summed E-state index contributed by atoms with van der Waals surface area (Å²) in [4.78, 5) is 27.5. The van der Waals surface area contributed by atoms with Crippen molar-refractivity contribution in [1.29, 1.82) is 0 Å². The fourth-order valence-electron chi connectivity index (χ4n) is 4.06. The molecule has 1 aliphatic heterocycles. The fraction of sp³-hybridized carbons (Fsp3) is 0.222. The van der Waals surface area contributed by atoms with Crippen molar-refractivity contribution in [2.75, 3.05) is 38.0 Å². The van der Waals surface area contributed by atoms with Gasteiger partial charge in [0.05, 0.1) is 23.9 Å². The van der Waals surface area contributed by atoms with Gasteiger partial charge >= 0.3 is 12.0 Å². The van der Waals surface area contributed by atoms with E-state index < -0.39 is 12.0 Å². The highest BCUT2D eigenvalue weighted by Gasteiger charge is 2.33. The van der Waals surface area contributed by atoms with Crippen molar-refractivity contribution >= 4 is 51.5 Å². The molecule has 1 atom stereocenters. The van der Waals surface area contributed by atoms with Crippen LogP contribution in [0.2, 0.25) is 0 Å². The van der Waals surface area contributed by atoms with Crippen molar-refractivity contribution in [2.45, 2.75) is 13.0 Å². The van der Waals surface area contributed by atoms with Crippen molar-refractivity contribution < 1.29 is 19.1 Å². The lowest BCUT2D eigenvalue weighted by Crippen LogP contribution is -2.46. The molecule has 0 radical (unpaired) electrons. The van der Waals surface area contributed by atoms with E-state index in [1.54, 1.807) is 25.1 Å². The number of carbonyl (C=O) groups is 2. The number of hydrogen-bond donors (Lipinski definition) is 3. The van der Waals surface area contributed by atoms with Gasteiger partial charge in [0.15, 0.2) is 5.11 Å². The minimum absolute atomic E-state index is 0.142. The number of esters is 1. The van der Waals surface area contributed by atoms with Gasteiger partial charge in [-0.1, -0.05) is 48.5 Å². The lowest BCUT2D eigenvalue weighted by Gasteiger charge is -2.35. The van der Waals surface area contributed by atoms with Gasteiger partial charge in [0, 0.05) is 30.9 Å². The number of benzene rings is 3. The lowest BCUT2D eigenvalue weighted by molar-refractivity contribution is -0.140. The normalized spacial score (nSPS) is 15.5. The van der Waals surface area contributed by atoms with E-state index in [1.807, 2.05) is 67.6 Å². The maximum absolute atomic E-state index is 13.0. The number of nitrogens with one attached hydrogen (secondary N) is 3. The largest absolute Gasteiger partial charge is 0.460 e. The number of nitrogens with zero attached hydrogens (tertiary/aromatic N) is 1. The average Bonchev–Trinajstić information content (AvgIpc) is 2.87. The van der Waals surface area contributed by atoms with Gasteiger partial charge in [-0.2, -0.15) is 0 Å². The van der Waals surface area contributed by atoms with E-state index in [9.17, 15) is 9.59 Å². The first-order chi connectivity index (χ1) is 17.4. The molecular weight excluding hydrogens is 476 g/mol. The number of hydrogen-bond acceptors (Lipinski definition) is 5. The second-order valence-corrected chi connectivity index (χ2v) is 8.69. The molecule has 0 spiro atoms. The van der Waals surface area contributed by atoms with Crippen LogP contribution in [-0.4, -0.2) is 49.4 Å². The molecule has 0 saturated heterocycles. The van der Waals surface area contributed by atoms with E-state index in [-0.39, 0.29) is 12.6 Å². The van der Waals surface area contributed by atoms with Crippen LogP contribution in [0, 0.1) is 0 Å². The van der Waals surface area contributed by atoms with Crippen LogP contribution < -0.4 is 16.0 Å². The molecule has 4 rings (SSSR count). The van der Waals surface area contributed by atoms with E-state index in [0.29, 0.717) is 34.4 Å². The predicted octanol–water partition coefficient (Wildman–Crippen LogP) is 4.81. The van der Waals surface area contributed by atoms with Gasteiger partial charge in [-0.3, -0.25) is 0 Å². The molecule has 1 unspecified atom stereocenters. The van der Waals surface area contributed by atoms with Gasteiger partial charge in [0.1, 0.15) is 6.61 Å². The number of ether oxygens (including phenoxy) is 2. The van der Waals surface area contributed by atoms with E-state index >= 15 is 0 Å². The van der Waals surface area contributed by atoms with Gasteiger partial charge < -0.3 is 30.3 Å². The molecule has 1 aliphatic rings. The third kappa shape index (κ3) is 5.48. The zero-order chi connectivity index (χ0) is 25.7. The number of allylic oxidation sites excluding steroid dienone is 1. The number of methoxy groups -OCH3 is 1. The van der Waals surface area contributed by atoms with Gasteiger partial charge in [0.25, 0.3) is 0 Å². The van der Waals surface area contributed by atoms with Crippen LogP contribution in [0.5, 0.6) is 0 Å². The van der Waals surface area contributed by atoms with Crippen LogP contribution in [0.3, 0.4) is 0 Å². The molecule has 36 heavy (non-hydrogen) atoms. The molecule has 3 aromatic carbocycles. The highest BCUT2D eigenvalue weighted by molar-refractivity contribution is 7.80. The Hall–Kier alpha value is -3.95. The quantitative estimate of drug-likeness (QED) is 0.242. The van der Waals surface area contributed by atoms with Crippen LogP contribution in [0.15, 0.2) is 78.0 Å². The maximum atomic E-state index is 13.0. The summed E-state index contributed by atoms with van der Waals surface area (Å²) in [5.41, 5.74) is 3.18. The number of carbonyl (C=O) groups excluding carboxylic acids is 2. The molecule has 186 valence electrons. The summed E-state index contributed by atoms with van der Waals surface area (Å²) >= 11 is 5.47. The summed E-state index contributed by atoms with van der Waals surface area (Å²) in [5, 5.41) is 11.5. The van der Waals surface area contributed by atoms with E-state index in [4.69, 9.17) is 21.7 Å². The maximum Gasteiger partial charge on any atom is 0.338 e. The molecule has 9 heteroatoms. The molecule has 8 nitrogen and oxygen atoms in total. The number of rotatable bonds is 7. The van der Waals surface area contributed by atoms with Gasteiger partial charge in [-0.15, -0.1) is 0 Å². The Bertz CT molecular complexity index is 1330. The van der Waals surface area contributed by atoms with Crippen molar-refractivity contribution in [3.8, 4) is 0 Å². The lowest BCUT2D eigenvalue weighted by atomic mass is 9.95. The minimum atomic E-state index is -0.536. The molecule has 3 aromatic rings. The predicted molar refractivity (Wildman–Crippen MR) is 145 cm³/mol. The minimum Gasteiger partial charge on any atom is -0.460 e. The first-order valence-electron chi connectivity index (χ1n) is 11.5. The number of amides is 2. The molecule has 2 amide bonds. The third-order valence-electron chi connectivity index (χ3n) is 6.01. The Kier molecular flexibility index (Phi) is 7.82. The van der Waals surface area contributed by atoms with Crippen LogP contribution in [0.1, 0.15) is 18.5 Å². The van der Waals surface area contributed by atoms with E-state index in [2.05, 4.69) is 16.0 Å². The highest BCUT2D eigenvalue weighted by atomic mass is 32.1. The second kappa shape index (κ2) is 11.2. The summed E-state index contributed by atoms with van der Waals surface area (Å²) < 4.78 is 10.4. The van der Waals surface area contributed by atoms with Gasteiger partial charge in [-0.05, 0) is 48.3 Å². The summed E-state index contributed by atoms with van der Waals surface area (Å²) in [5.74, 6) is -0.455. The molecule has 0 bridgehead atoms. The number of thiocarbonyl (C=S) groups is 1. The average molecular weight is 505 g/mol. The fourth-order valence-corrected chi connectivity index (χ4v) is 4.32. The monoisotopic (exact) mass is 504 g/mol. The van der Waals surface area contributed by atoms with E-state index in [1.165, 1.54) is 0 Å². The molecule has 0 fully saturated rings. The molecular formula is C27H28N4O4S. The summed E-state index contributed by atoms with van der Waals surface area (Å²) in [7, 11) is 3.34. The second-order valence-electron chi connectivity index (χ2n) is 8.30. The molecule has 1 heterocycles. The van der Waals surface area contributed by atoms with Crippen LogP contribution >= 0.6 is 12.2 Å². The number of urea groups is 1. The Balaban J connectivity index is 1.55. The summed E-state index contributed by atoms with van der Waals surface area (Å²) in [6, 6.07) is 20.0. The van der Waals surface area contributed by atoms with Crippen molar-refractivity contribution in [3.05, 3.63) is 83.6 Å². The topological polar surface area (TPSA) is 91.9 Å². The van der Waals surface area contributed by atoms with E-state index in [0.717, 1.165) is 16.3 Å². The van der Waals surface area contributed by atoms with Crippen LogP contribution in [0.25, 0.3) is 10.8 Å². The molecule has 0 aromatic heterocycles. The number of anilines is 2. The van der Waals surface area contributed by atoms with Crippen LogP contribution in [0.4, 0.5) is 16.2 Å². The SMILES string of the molecule is COCCOC(=O)C1=C(C)N(C)C(=S)NC1c1cccc(NC(=O)Nc2cccc3ccccc23)c1. The van der Waals surface area contributed by atoms with Gasteiger partial charge in [0.2, 0.25) is 0 Å². The third-order valence-corrected chi connectivity index (χ3v) is 6.40. The molecule has 0 aliphatic carbocycles.